The van der Waals surface area contributed by atoms with Crippen LogP contribution in [0.25, 0.3) is 0 Å². The minimum absolute atomic E-state index is 0. The first-order valence-electron chi connectivity index (χ1n) is 26.3. The van der Waals surface area contributed by atoms with Crippen molar-refractivity contribution in [3.63, 3.8) is 0 Å². The van der Waals surface area contributed by atoms with Gasteiger partial charge >= 0.3 is 0 Å². The maximum Gasteiger partial charge on any atom is 0.255 e. The summed E-state index contributed by atoms with van der Waals surface area (Å²) in [6.07, 6.45) is 16.7. The van der Waals surface area contributed by atoms with Crippen molar-refractivity contribution < 1.29 is 33.6 Å². The van der Waals surface area contributed by atoms with Gasteiger partial charge in [0.25, 0.3) is 11.8 Å². The molecule has 73 heavy (non-hydrogen) atoms. The lowest BCUT2D eigenvalue weighted by Gasteiger charge is -2.33. The molecule has 0 bridgehead atoms. The zero-order valence-electron chi connectivity index (χ0n) is 41.2. The van der Waals surface area contributed by atoms with Gasteiger partial charge in [-0.05, 0) is 190 Å². The van der Waals surface area contributed by atoms with Gasteiger partial charge in [-0.3, -0.25) is 49.1 Å². The van der Waals surface area contributed by atoms with Crippen molar-refractivity contribution in [2.24, 2.45) is 0 Å². The van der Waals surface area contributed by atoms with Crippen LogP contribution >= 0.6 is 12.4 Å². The molecule has 4 fully saturated rings. The summed E-state index contributed by atoms with van der Waals surface area (Å²) in [6, 6.07) is 24.1. The fourth-order valence-corrected chi connectivity index (χ4v) is 12.4. The Bertz CT molecular complexity index is 2740. The van der Waals surface area contributed by atoms with Crippen molar-refractivity contribution in [3.05, 3.63) is 140 Å². The Morgan fingerprint density at radius 1 is 0.534 bits per heavy atom. The number of fused-ring (bicyclic) bond motifs is 4. The van der Waals surface area contributed by atoms with Gasteiger partial charge in [-0.2, -0.15) is 0 Å². The third-order valence-electron chi connectivity index (χ3n) is 16.4. The molecule has 4 aromatic rings. The highest BCUT2D eigenvalue weighted by Gasteiger charge is 2.41. The number of piperidine rings is 4. The van der Waals surface area contributed by atoms with Gasteiger partial charge in [0.1, 0.15) is 18.4 Å². The normalized spacial score (nSPS) is 21.9. The molecule has 3 N–H and O–H groups in total. The Kier molecular flexibility index (Phi) is 17.4. The quantitative estimate of drug-likeness (QED) is 0.123. The van der Waals surface area contributed by atoms with Crippen LogP contribution < -0.4 is 16.0 Å². The molecule has 0 aromatic heterocycles. The van der Waals surface area contributed by atoms with Gasteiger partial charge in [0.05, 0.1) is 0 Å². The molecule has 4 aromatic carbocycles. The summed E-state index contributed by atoms with van der Waals surface area (Å²) in [5.41, 5.74) is 14.2. The van der Waals surface area contributed by atoms with Gasteiger partial charge in [0.2, 0.25) is 23.6 Å². The van der Waals surface area contributed by atoms with Crippen LogP contribution in [0.15, 0.2) is 72.8 Å². The number of likely N-dealkylation sites (tertiary alicyclic amines) is 1. The van der Waals surface area contributed by atoms with Crippen molar-refractivity contribution in [3.8, 4) is 0 Å². The summed E-state index contributed by atoms with van der Waals surface area (Å²) in [5.74, 6) is -0.374. The minimum atomic E-state index is -0.553. The molecule has 6 amide bonds. The number of benzene rings is 4. The maximum atomic E-state index is 13.0. The van der Waals surface area contributed by atoms with E-state index in [1.54, 1.807) is 20.9 Å². The molecule has 4 saturated heterocycles. The van der Waals surface area contributed by atoms with Gasteiger partial charge in [-0.1, -0.05) is 68.1 Å². The number of aryl methyl sites for hydroxylation is 2. The van der Waals surface area contributed by atoms with Gasteiger partial charge in [-0.15, -0.1) is 12.4 Å². The van der Waals surface area contributed by atoms with E-state index < -0.39 is 12.1 Å². The Morgan fingerprint density at radius 3 is 1.56 bits per heavy atom. The number of halogens is 1. The first-order valence-corrected chi connectivity index (χ1v) is 26.3. The van der Waals surface area contributed by atoms with Crippen LogP contribution in [0.4, 0.5) is 0 Å². The van der Waals surface area contributed by atoms with Crippen molar-refractivity contribution in [2.75, 3.05) is 26.2 Å². The Labute approximate surface area is 436 Å². The molecule has 2 aliphatic carbocycles. The number of rotatable bonds is 7. The van der Waals surface area contributed by atoms with Crippen molar-refractivity contribution >= 4 is 54.1 Å². The lowest BCUT2D eigenvalue weighted by atomic mass is 9.86. The first-order chi connectivity index (χ1) is 34.6. The number of hydrogen-bond donors (Lipinski definition) is 3. The molecular weight excluding hydrogens is 940 g/mol. The predicted molar refractivity (Wildman–Crippen MR) is 283 cm³/mol. The van der Waals surface area contributed by atoms with Crippen molar-refractivity contribution in [2.45, 2.75) is 154 Å². The van der Waals surface area contributed by atoms with E-state index in [0.29, 0.717) is 48.9 Å². The van der Waals surface area contributed by atoms with Crippen LogP contribution in [0.2, 0.25) is 0 Å². The maximum absolute atomic E-state index is 13.0. The molecule has 6 heterocycles. The molecule has 0 saturated carbocycles. The standard InChI is InChI=1S/C29H33N3O3.C18H21N3O3.C11H12O.CH4.ClH/c33-27-11-10-26(28(34)30-27)32-18-23-16-21(8-9-25(23)29(32)35)19-12-14-31(15-13-19)17-22-6-3-5-20-4-1-2-7-24(20)22;22-16-4-3-15(17(23)20-16)21-10-13-9-12(1-2-14(13)18(21)24)11-5-7-19-8-6-11;12-8-10-6-3-5-9-4-1-2-7-11(9)10;;/h3,5-6,8-9,16,19,26H,1-2,4,7,10-15,17-18H2,(H,30,33,34);1-2,9,11,15,19H,3-8,10H2,(H,20,22,23);3,5-6,8H,1-2,4,7H2;1H4;1H. The second kappa shape index (κ2) is 23.9. The van der Waals surface area contributed by atoms with Crippen molar-refractivity contribution in [1.82, 2.24) is 30.7 Å². The molecule has 386 valence electrons. The van der Waals surface area contributed by atoms with Crippen molar-refractivity contribution in [1.29, 1.82) is 0 Å². The van der Waals surface area contributed by atoms with Crippen LogP contribution in [0.5, 0.6) is 0 Å². The average Bonchev–Trinajstić information content (AvgIpc) is 3.91. The van der Waals surface area contributed by atoms with Crippen LogP contribution in [0, 0.1) is 0 Å². The summed E-state index contributed by atoms with van der Waals surface area (Å²) in [7, 11) is 0. The molecule has 14 heteroatoms. The Morgan fingerprint density at radius 2 is 1.03 bits per heavy atom. The van der Waals surface area contributed by atoms with E-state index in [2.05, 4.69) is 69.4 Å². The van der Waals surface area contributed by atoms with E-state index in [1.165, 1.54) is 66.3 Å². The summed E-state index contributed by atoms with van der Waals surface area (Å²) in [6.45, 7) is 6.20. The van der Waals surface area contributed by atoms with E-state index in [9.17, 15) is 33.6 Å². The molecule has 2 unspecified atom stereocenters. The Hall–Kier alpha value is -6.02. The fraction of sp³-hybridized carbons (Fsp3) is 0.475. The average molecular weight is 1010 g/mol. The smallest absolute Gasteiger partial charge is 0.255 e. The molecule has 8 aliphatic rings. The lowest BCUT2D eigenvalue weighted by molar-refractivity contribution is -0.138. The number of imide groups is 2. The Balaban J connectivity index is 0.000000161. The highest BCUT2D eigenvalue weighted by Crippen LogP contribution is 2.36. The molecule has 0 radical (unpaired) electrons. The number of nitrogens with zero attached hydrogens (tertiary/aromatic N) is 3. The molecule has 13 nitrogen and oxygen atoms in total. The fourth-order valence-electron chi connectivity index (χ4n) is 12.4. The SMILES string of the molecule is C.Cl.O=C1CCC(N2Cc3cc(C4CCN(Cc5cccc6c5CCCC6)CC4)ccc3C2=O)C(=O)N1.O=C1CCC(N2Cc3cc(C4CCNCC4)ccc3C2=O)C(=O)N1.O=Cc1cccc2c1CCCC2. The van der Waals surface area contributed by atoms with E-state index in [-0.39, 0.29) is 68.1 Å². The van der Waals surface area contributed by atoms with E-state index in [4.69, 9.17) is 0 Å². The first kappa shape index (κ1) is 53.3. The number of amides is 6. The number of carbonyl (C=O) groups excluding carboxylic acids is 7. The highest BCUT2D eigenvalue weighted by atomic mass is 35.5. The van der Waals surface area contributed by atoms with Gasteiger partial charge in [0, 0.05) is 49.2 Å². The zero-order chi connectivity index (χ0) is 49.0. The van der Waals surface area contributed by atoms with Gasteiger partial charge in [0.15, 0.2) is 0 Å². The van der Waals surface area contributed by atoms with Gasteiger partial charge in [-0.25, -0.2) is 0 Å². The van der Waals surface area contributed by atoms with Crippen LogP contribution in [-0.4, -0.2) is 94.7 Å². The number of carbonyl (C=O) groups is 7. The van der Waals surface area contributed by atoms with E-state index in [1.807, 2.05) is 24.3 Å². The predicted octanol–water partition coefficient (Wildman–Crippen LogP) is 8.06. The number of hydrogen-bond acceptors (Lipinski definition) is 9. The topological polar surface area (TPSA) is 165 Å². The third kappa shape index (κ3) is 11.7. The van der Waals surface area contributed by atoms with Crippen LogP contribution in [-0.2, 0) is 64.5 Å². The second-order valence-corrected chi connectivity index (χ2v) is 20.8. The minimum Gasteiger partial charge on any atom is -0.322 e. The molecule has 0 spiro atoms. The number of nitrogens with one attached hydrogen (secondary N) is 3. The number of aldehydes is 1. The lowest BCUT2D eigenvalue weighted by Crippen LogP contribution is -2.52. The summed E-state index contributed by atoms with van der Waals surface area (Å²) in [5, 5.41) is 8.08. The second-order valence-electron chi connectivity index (χ2n) is 20.8. The van der Waals surface area contributed by atoms with Gasteiger partial charge < -0.3 is 15.1 Å². The summed E-state index contributed by atoms with van der Waals surface area (Å²) in [4.78, 5) is 89.4. The highest BCUT2D eigenvalue weighted by molar-refractivity contribution is 6.06. The zero-order valence-corrected chi connectivity index (χ0v) is 42.0. The monoisotopic (exact) mass is 1010 g/mol. The van der Waals surface area contributed by atoms with Crippen LogP contribution in [0.1, 0.15) is 177 Å². The molecule has 12 rings (SSSR count). The molecular formula is C59H71ClN6O7. The van der Waals surface area contributed by atoms with E-state index in [0.717, 1.165) is 94.2 Å². The van der Waals surface area contributed by atoms with E-state index >= 15 is 0 Å². The van der Waals surface area contributed by atoms with Crippen LogP contribution in [0.3, 0.4) is 0 Å². The molecule has 2 atom stereocenters. The largest absolute Gasteiger partial charge is 0.322 e. The molecule has 6 aliphatic heterocycles. The third-order valence-corrected chi connectivity index (χ3v) is 16.4. The summed E-state index contributed by atoms with van der Waals surface area (Å²) < 4.78 is 0. The summed E-state index contributed by atoms with van der Waals surface area (Å²) >= 11 is 0.